The quantitative estimate of drug-likeness (QED) is 0.213. The first-order valence-corrected chi connectivity index (χ1v) is 15.0. The molecule has 0 radical (unpaired) electrons. The van der Waals surface area contributed by atoms with Gasteiger partial charge in [0.05, 0.1) is 22.1 Å². The minimum Gasteiger partial charge on any atom is -0.310 e. The van der Waals surface area contributed by atoms with Gasteiger partial charge in [0.2, 0.25) is 5.95 Å². The van der Waals surface area contributed by atoms with Crippen molar-refractivity contribution in [1.29, 1.82) is 0 Å². The van der Waals surface area contributed by atoms with Gasteiger partial charge in [-0.2, -0.15) is 9.97 Å². The predicted octanol–water partition coefficient (Wildman–Crippen LogP) is 9.60. The summed E-state index contributed by atoms with van der Waals surface area (Å²) in [6.07, 6.45) is 8.98. The Morgan fingerprint density at radius 2 is 1.00 bits per heavy atom. The maximum absolute atomic E-state index is 5.12. The third-order valence-corrected chi connectivity index (χ3v) is 8.59. The number of nitrogens with zero attached hydrogens (tertiary/aromatic N) is 5. The summed E-state index contributed by atoms with van der Waals surface area (Å²) >= 11 is 0. The van der Waals surface area contributed by atoms with Crippen molar-refractivity contribution >= 4 is 49.3 Å². The highest BCUT2D eigenvalue weighted by molar-refractivity contribution is 6.19. The van der Waals surface area contributed by atoms with Gasteiger partial charge in [-0.05, 0) is 43.2 Å². The van der Waals surface area contributed by atoms with Crippen LogP contribution in [-0.2, 0) is 0 Å². The molecule has 0 saturated heterocycles. The summed E-state index contributed by atoms with van der Waals surface area (Å²) in [6.45, 7) is 0. The molecule has 5 heteroatoms. The predicted molar refractivity (Wildman–Crippen MR) is 181 cm³/mol. The first-order chi connectivity index (χ1) is 21.8. The van der Waals surface area contributed by atoms with Crippen LogP contribution >= 0.6 is 0 Å². The second-order valence-corrected chi connectivity index (χ2v) is 11.2. The maximum atomic E-state index is 5.12. The Balaban J connectivity index is 1.40. The minimum absolute atomic E-state index is 0.600. The molecule has 5 aromatic carbocycles. The van der Waals surface area contributed by atoms with E-state index >= 15 is 0 Å². The standard InChI is InChI=1S/C39H27N5/c1-4-14-26(15-5-1)37-40-38(27-16-6-2-7-17-27)42-39(41-37)44-34-23-13-11-21-30(34)32-24-31-29-20-10-12-22-33(29)43(35(31)25-36(32)44)28-18-8-3-9-19-28/h1-2,4-8,10-25H,3,9H2. The number of para-hydroxylation sites is 2. The monoisotopic (exact) mass is 565 g/mol. The van der Waals surface area contributed by atoms with E-state index in [1.165, 1.54) is 38.3 Å². The molecular weight excluding hydrogens is 538 g/mol. The molecule has 0 spiro atoms. The average Bonchev–Trinajstić information content (AvgIpc) is 3.60. The number of rotatable bonds is 4. The van der Waals surface area contributed by atoms with Crippen molar-refractivity contribution in [2.45, 2.75) is 12.8 Å². The highest BCUT2D eigenvalue weighted by Gasteiger charge is 2.21. The van der Waals surface area contributed by atoms with Crippen LogP contribution in [0.3, 0.4) is 0 Å². The Labute approximate surface area is 254 Å². The molecule has 0 bridgehead atoms. The Morgan fingerprint density at radius 3 is 1.59 bits per heavy atom. The van der Waals surface area contributed by atoms with E-state index in [2.05, 4.69) is 88.0 Å². The molecule has 1 aliphatic carbocycles. The summed E-state index contributed by atoms with van der Waals surface area (Å²) in [5.41, 5.74) is 7.62. The van der Waals surface area contributed by atoms with Crippen molar-refractivity contribution in [3.8, 4) is 28.7 Å². The van der Waals surface area contributed by atoms with Crippen molar-refractivity contribution < 1.29 is 0 Å². The number of benzene rings is 5. The second kappa shape index (κ2) is 9.89. The molecule has 5 nitrogen and oxygen atoms in total. The molecule has 9 rings (SSSR count). The molecule has 0 amide bonds. The molecule has 44 heavy (non-hydrogen) atoms. The lowest BCUT2D eigenvalue weighted by Crippen LogP contribution is -2.06. The van der Waals surface area contributed by atoms with Gasteiger partial charge in [0.15, 0.2) is 11.6 Å². The van der Waals surface area contributed by atoms with Gasteiger partial charge in [-0.15, -0.1) is 0 Å². The Kier molecular flexibility index (Phi) is 5.56. The summed E-state index contributed by atoms with van der Waals surface area (Å²) in [7, 11) is 0. The van der Waals surface area contributed by atoms with Crippen LogP contribution in [-0.4, -0.2) is 24.1 Å². The molecule has 3 aromatic heterocycles. The number of hydrogen-bond acceptors (Lipinski definition) is 3. The van der Waals surface area contributed by atoms with Gasteiger partial charge >= 0.3 is 0 Å². The number of hydrogen-bond donors (Lipinski definition) is 0. The zero-order valence-corrected chi connectivity index (χ0v) is 23.9. The lowest BCUT2D eigenvalue weighted by molar-refractivity contribution is 0.953. The molecule has 208 valence electrons. The highest BCUT2D eigenvalue weighted by Crippen LogP contribution is 2.40. The summed E-state index contributed by atoms with van der Waals surface area (Å²) in [6, 6.07) is 42.2. The third kappa shape index (κ3) is 3.83. The second-order valence-electron chi connectivity index (χ2n) is 11.2. The Morgan fingerprint density at radius 1 is 0.455 bits per heavy atom. The fourth-order valence-electron chi connectivity index (χ4n) is 6.59. The Bertz CT molecular complexity index is 2370. The first-order valence-electron chi connectivity index (χ1n) is 15.0. The van der Waals surface area contributed by atoms with Gasteiger partial charge in [-0.1, -0.05) is 109 Å². The normalized spacial score (nSPS) is 13.3. The van der Waals surface area contributed by atoms with Gasteiger partial charge < -0.3 is 4.57 Å². The number of aromatic nitrogens is 5. The van der Waals surface area contributed by atoms with Crippen LogP contribution in [0, 0.1) is 0 Å². The van der Waals surface area contributed by atoms with E-state index in [4.69, 9.17) is 15.0 Å². The number of fused-ring (bicyclic) bond motifs is 6. The summed E-state index contributed by atoms with van der Waals surface area (Å²) in [4.78, 5) is 15.2. The van der Waals surface area contributed by atoms with Crippen molar-refractivity contribution in [3.05, 3.63) is 140 Å². The van der Waals surface area contributed by atoms with Gasteiger partial charge in [0, 0.05) is 38.4 Å². The molecule has 8 aromatic rings. The van der Waals surface area contributed by atoms with Crippen molar-refractivity contribution in [1.82, 2.24) is 24.1 Å². The SMILES string of the molecule is C1=CC(n2c3ccccc3c3cc4c5ccccc5n(-c5nc(-c6ccccc6)nc(-c6ccccc6)n5)c4cc32)=CCC1. The van der Waals surface area contributed by atoms with Crippen LogP contribution < -0.4 is 0 Å². The molecule has 3 heterocycles. The zero-order chi connectivity index (χ0) is 29.0. The highest BCUT2D eigenvalue weighted by atomic mass is 15.2. The van der Waals surface area contributed by atoms with Crippen LogP contribution in [0.4, 0.5) is 0 Å². The fourth-order valence-corrected chi connectivity index (χ4v) is 6.59. The van der Waals surface area contributed by atoms with Gasteiger partial charge in [-0.3, -0.25) is 4.57 Å². The van der Waals surface area contributed by atoms with Crippen molar-refractivity contribution in [2.75, 3.05) is 0 Å². The van der Waals surface area contributed by atoms with Crippen LogP contribution in [0.25, 0.3) is 78.0 Å². The summed E-state index contributed by atoms with van der Waals surface area (Å²) in [5.74, 6) is 1.89. The van der Waals surface area contributed by atoms with Crippen LogP contribution in [0.15, 0.2) is 140 Å². The molecule has 0 aliphatic heterocycles. The summed E-state index contributed by atoms with van der Waals surface area (Å²) in [5, 5.41) is 4.83. The average molecular weight is 566 g/mol. The van der Waals surface area contributed by atoms with Gasteiger partial charge in [0.1, 0.15) is 0 Å². The third-order valence-electron chi connectivity index (χ3n) is 8.59. The smallest absolute Gasteiger partial charge is 0.238 e. The molecule has 0 N–H and O–H groups in total. The van der Waals surface area contributed by atoms with E-state index in [0.29, 0.717) is 17.6 Å². The topological polar surface area (TPSA) is 48.5 Å². The van der Waals surface area contributed by atoms with E-state index in [9.17, 15) is 0 Å². The van der Waals surface area contributed by atoms with Crippen LogP contribution in [0.2, 0.25) is 0 Å². The lowest BCUT2D eigenvalue weighted by atomic mass is 10.1. The zero-order valence-electron chi connectivity index (χ0n) is 23.9. The van der Waals surface area contributed by atoms with Crippen LogP contribution in [0.1, 0.15) is 12.8 Å². The van der Waals surface area contributed by atoms with Crippen molar-refractivity contribution in [3.63, 3.8) is 0 Å². The minimum atomic E-state index is 0.600. The lowest BCUT2D eigenvalue weighted by Gasteiger charge is -2.13. The van der Waals surface area contributed by atoms with E-state index in [1.54, 1.807) is 0 Å². The molecular formula is C39H27N5. The first kappa shape index (κ1) is 24.8. The fraction of sp³-hybridized carbons (Fsp3) is 0.0513. The van der Waals surface area contributed by atoms with E-state index in [-0.39, 0.29) is 0 Å². The summed E-state index contributed by atoms with van der Waals surface area (Å²) < 4.78 is 4.61. The van der Waals surface area contributed by atoms with E-state index in [0.717, 1.165) is 35.0 Å². The van der Waals surface area contributed by atoms with Crippen LogP contribution in [0.5, 0.6) is 0 Å². The molecule has 0 saturated carbocycles. The van der Waals surface area contributed by atoms with Crippen molar-refractivity contribution in [2.24, 2.45) is 0 Å². The maximum Gasteiger partial charge on any atom is 0.238 e. The molecule has 0 fully saturated rings. The molecule has 0 atom stereocenters. The van der Waals surface area contributed by atoms with E-state index < -0.39 is 0 Å². The number of allylic oxidation sites excluding steroid dienone is 4. The molecule has 0 unspecified atom stereocenters. The molecule has 1 aliphatic rings. The Hall–Kier alpha value is -5.81. The largest absolute Gasteiger partial charge is 0.310 e. The van der Waals surface area contributed by atoms with Gasteiger partial charge in [0.25, 0.3) is 0 Å². The van der Waals surface area contributed by atoms with Gasteiger partial charge in [-0.25, -0.2) is 4.98 Å². The van der Waals surface area contributed by atoms with E-state index in [1.807, 2.05) is 60.7 Å².